The molecule has 2 unspecified atom stereocenters. The van der Waals surface area contributed by atoms with Gasteiger partial charge in [-0.3, -0.25) is 19.6 Å². The maximum Gasteiger partial charge on any atom is 0.312 e. The fourth-order valence-corrected chi connectivity index (χ4v) is 1.73. The first-order valence-electron chi connectivity index (χ1n) is 5.20. The third-order valence-electron chi connectivity index (χ3n) is 2.97. The number of aromatic nitrogens is 2. The number of carbonyl (C=O) groups is 1. The van der Waals surface area contributed by atoms with Gasteiger partial charge in [0.15, 0.2) is 0 Å². The zero-order chi connectivity index (χ0) is 13.3. The van der Waals surface area contributed by atoms with Gasteiger partial charge in [-0.1, -0.05) is 0 Å². The van der Waals surface area contributed by atoms with Crippen LogP contribution in [-0.2, 0) is 4.79 Å². The molecule has 0 saturated carbocycles. The standard InChI is InChI=1S/C10H15N3O4/c1-5(10(14)15)7(3)12-8(4)9(13(16)17)6(2)11-12/h5,7H,1-4H3,(H,14,15). The molecular weight excluding hydrogens is 226 g/mol. The van der Waals surface area contributed by atoms with Crippen LogP contribution in [-0.4, -0.2) is 25.8 Å². The number of carboxylic acid groups (broad SMARTS) is 1. The van der Waals surface area contributed by atoms with Crippen LogP contribution in [0.3, 0.4) is 0 Å². The summed E-state index contributed by atoms with van der Waals surface area (Å²) in [5, 5.41) is 23.8. The Hall–Kier alpha value is -1.92. The molecule has 1 N–H and O–H groups in total. The van der Waals surface area contributed by atoms with Crippen LogP contribution in [0, 0.1) is 29.9 Å². The Bertz CT molecular complexity index is 466. The third kappa shape index (κ3) is 2.27. The summed E-state index contributed by atoms with van der Waals surface area (Å²) < 4.78 is 1.41. The lowest BCUT2D eigenvalue weighted by atomic mass is 10.0. The van der Waals surface area contributed by atoms with Gasteiger partial charge >= 0.3 is 11.7 Å². The molecule has 1 aromatic rings. The highest BCUT2D eigenvalue weighted by atomic mass is 16.6. The van der Waals surface area contributed by atoms with E-state index in [-0.39, 0.29) is 5.69 Å². The monoisotopic (exact) mass is 241 g/mol. The number of nitrogens with zero attached hydrogens (tertiary/aromatic N) is 3. The number of aryl methyl sites for hydroxylation is 1. The zero-order valence-corrected chi connectivity index (χ0v) is 10.2. The molecule has 0 amide bonds. The fourth-order valence-electron chi connectivity index (χ4n) is 1.73. The second kappa shape index (κ2) is 4.52. The summed E-state index contributed by atoms with van der Waals surface area (Å²) in [4.78, 5) is 21.2. The van der Waals surface area contributed by atoms with Crippen LogP contribution in [0.25, 0.3) is 0 Å². The van der Waals surface area contributed by atoms with Crippen molar-refractivity contribution >= 4 is 11.7 Å². The summed E-state index contributed by atoms with van der Waals surface area (Å²) in [5.74, 6) is -1.61. The Kier molecular flexibility index (Phi) is 3.50. The van der Waals surface area contributed by atoms with Gasteiger partial charge in [0.05, 0.1) is 16.9 Å². The van der Waals surface area contributed by atoms with Gasteiger partial charge in [0, 0.05) is 0 Å². The lowest BCUT2D eigenvalue weighted by molar-refractivity contribution is -0.386. The van der Waals surface area contributed by atoms with Crippen molar-refractivity contribution in [3.8, 4) is 0 Å². The molecule has 7 heteroatoms. The van der Waals surface area contributed by atoms with Crippen molar-refractivity contribution in [3.63, 3.8) is 0 Å². The van der Waals surface area contributed by atoms with Gasteiger partial charge in [-0.2, -0.15) is 5.10 Å². The Labute approximate surface area is 98.2 Å². The molecule has 0 aliphatic carbocycles. The van der Waals surface area contributed by atoms with E-state index in [4.69, 9.17) is 5.11 Å². The van der Waals surface area contributed by atoms with Crippen molar-refractivity contribution < 1.29 is 14.8 Å². The van der Waals surface area contributed by atoms with Crippen molar-refractivity contribution in [1.29, 1.82) is 0 Å². The molecule has 0 aliphatic rings. The van der Waals surface area contributed by atoms with Gasteiger partial charge in [-0.05, 0) is 27.7 Å². The van der Waals surface area contributed by atoms with Crippen LogP contribution in [0.5, 0.6) is 0 Å². The summed E-state index contributed by atoms with van der Waals surface area (Å²) in [7, 11) is 0. The predicted molar refractivity (Wildman–Crippen MR) is 59.9 cm³/mol. The van der Waals surface area contributed by atoms with Crippen molar-refractivity contribution in [2.45, 2.75) is 33.7 Å². The van der Waals surface area contributed by atoms with Gasteiger partial charge in [0.25, 0.3) is 0 Å². The minimum absolute atomic E-state index is 0.0468. The number of carboxylic acids is 1. The molecule has 7 nitrogen and oxygen atoms in total. The average Bonchev–Trinajstić information content (AvgIpc) is 2.51. The van der Waals surface area contributed by atoms with E-state index in [0.29, 0.717) is 11.4 Å². The molecule has 94 valence electrons. The van der Waals surface area contributed by atoms with Gasteiger partial charge in [-0.15, -0.1) is 0 Å². The van der Waals surface area contributed by atoms with E-state index in [1.54, 1.807) is 27.7 Å². The second-order valence-electron chi connectivity index (χ2n) is 4.09. The maximum atomic E-state index is 10.9. The van der Waals surface area contributed by atoms with Crippen LogP contribution in [0.2, 0.25) is 0 Å². The number of aliphatic carboxylic acids is 1. The van der Waals surface area contributed by atoms with E-state index in [1.165, 1.54) is 4.68 Å². The minimum atomic E-state index is -0.951. The largest absolute Gasteiger partial charge is 0.481 e. The Morgan fingerprint density at radius 3 is 2.35 bits per heavy atom. The smallest absolute Gasteiger partial charge is 0.312 e. The molecule has 0 aliphatic heterocycles. The normalized spacial score (nSPS) is 14.4. The molecule has 0 spiro atoms. The van der Waals surface area contributed by atoms with E-state index in [0.717, 1.165) is 0 Å². The lowest BCUT2D eigenvalue weighted by Crippen LogP contribution is -2.23. The molecule has 0 bridgehead atoms. The van der Waals surface area contributed by atoms with E-state index in [9.17, 15) is 14.9 Å². The molecule has 0 saturated heterocycles. The van der Waals surface area contributed by atoms with Gasteiger partial charge in [0.1, 0.15) is 11.4 Å². The molecule has 1 heterocycles. The Morgan fingerprint density at radius 1 is 1.47 bits per heavy atom. The first-order chi connectivity index (χ1) is 7.77. The zero-order valence-electron chi connectivity index (χ0n) is 10.2. The quantitative estimate of drug-likeness (QED) is 0.638. The first kappa shape index (κ1) is 13.1. The predicted octanol–water partition coefficient (Wildman–Crippen LogP) is 1.69. The SMILES string of the molecule is Cc1nn(C(C)C(C)C(=O)O)c(C)c1[N+](=O)[O-]. The molecule has 1 aromatic heterocycles. The van der Waals surface area contributed by atoms with Crippen LogP contribution in [0.4, 0.5) is 5.69 Å². The summed E-state index contributed by atoms with van der Waals surface area (Å²) in [6.45, 7) is 6.35. The van der Waals surface area contributed by atoms with E-state index < -0.39 is 22.9 Å². The van der Waals surface area contributed by atoms with Crippen LogP contribution in [0.1, 0.15) is 31.3 Å². The van der Waals surface area contributed by atoms with E-state index >= 15 is 0 Å². The summed E-state index contributed by atoms with van der Waals surface area (Å²) in [5.41, 5.74) is 0.638. The van der Waals surface area contributed by atoms with Crippen molar-refractivity contribution in [1.82, 2.24) is 9.78 Å². The number of nitro groups is 1. The van der Waals surface area contributed by atoms with Gasteiger partial charge in [-0.25, -0.2) is 0 Å². The Balaban J connectivity index is 3.20. The molecule has 0 fully saturated rings. The molecular formula is C10H15N3O4. The van der Waals surface area contributed by atoms with Crippen LogP contribution < -0.4 is 0 Å². The summed E-state index contributed by atoms with van der Waals surface area (Å²) in [6.07, 6.45) is 0. The first-order valence-corrected chi connectivity index (χ1v) is 5.20. The fraction of sp³-hybridized carbons (Fsp3) is 0.600. The topological polar surface area (TPSA) is 98.3 Å². The summed E-state index contributed by atoms with van der Waals surface area (Å²) >= 11 is 0. The highest BCUT2D eigenvalue weighted by Crippen LogP contribution is 2.27. The molecule has 1 rings (SSSR count). The third-order valence-corrected chi connectivity index (χ3v) is 2.97. The minimum Gasteiger partial charge on any atom is -0.481 e. The van der Waals surface area contributed by atoms with E-state index in [2.05, 4.69) is 5.10 Å². The van der Waals surface area contributed by atoms with Crippen LogP contribution in [0.15, 0.2) is 0 Å². The number of rotatable bonds is 4. The number of hydrogen-bond donors (Lipinski definition) is 1. The molecule has 2 atom stereocenters. The highest BCUT2D eigenvalue weighted by molar-refractivity contribution is 5.70. The number of hydrogen-bond acceptors (Lipinski definition) is 4. The maximum absolute atomic E-state index is 10.9. The Morgan fingerprint density at radius 2 is 2.00 bits per heavy atom. The molecule has 0 aromatic carbocycles. The van der Waals surface area contributed by atoms with Crippen LogP contribution >= 0.6 is 0 Å². The van der Waals surface area contributed by atoms with Crippen molar-refractivity contribution in [2.24, 2.45) is 5.92 Å². The van der Waals surface area contributed by atoms with Gasteiger partial charge in [0.2, 0.25) is 0 Å². The second-order valence-corrected chi connectivity index (χ2v) is 4.09. The molecule has 0 radical (unpaired) electrons. The summed E-state index contributed by atoms with van der Waals surface area (Å²) in [6, 6.07) is -0.431. The lowest BCUT2D eigenvalue weighted by Gasteiger charge is -2.17. The highest BCUT2D eigenvalue weighted by Gasteiger charge is 2.28. The van der Waals surface area contributed by atoms with Gasteiger partial charge < -0.3 is 5.11 Å². The van der Waals surface area contributed by atoms with Crippen molar-refractivity contribution in [2.75, 3.05) is 0 Å². The van der Waals surface area contributed by atoms with Crippen molar-refractivity contribution in [3.05, 3.63) is 21.5 Å². The van der Waals surface area contributed by atoms with E-state index in [1.807, 2.05) is 0 Å². The molecule has 17 heavy (non-hydrogen) atoms. The average molecular weight is 241 g/mol.